The Morgan fingerprint density at radius 1 is 1.35 bits per heavy atom. The van der Waals surface area contributed by atoms with Gasteiger partial charge in [-0.05, 0) is 19.0 Å². The molecular weight excluding hydrogens is 346 g/mol. The second kappa shape index (κ2) is 8.02. The number of morpholine rings is 1. The lowest BCUT2D eigenvalue weighted by Crippen LogP contribution is -2.38. The third kappa shape index (κ3) is 5.11. The zero-order valence-corrected chi connectivity index (χ0v) is 14.0. The van der Waals surface area contributed by atoms with Gasteiger partial charge in [0.25, 0.3) is 5.69 Å². The van der Waals surface area contributed by atoms with Gasteiger partial charge >= 0.3 is 0 Å². The number of benzene rings is 1. The van der Waals surface area contributed by atoms with Gasteiger partial charge in [-0.3, -0.25) is 15.0 Å². The third-order valence-corrected chi connectivity index (χ3v) is 5.40. The van der Waals surface area contributed by atoms with Crippen LogP contribution in [0.2, 0.25) is 5.02 Å². The van der Waals surface area contributed by atoms with Crippen LogP contribution in [-0.4, -0.2) is 57.6 Å². The minimum Gasteiger partial charge on any atom is -0.379 e. The van der Waals surface area contributed by atoms with E-state index >= 15 is 0 Å². The Bertz CT molecular complexity index is 662. The summed E-state index contributed by atoms with van der Waals surface area (Å²) in [6.45, 7) is 4.05. The Morgan fingerprint density at radius 3 is 2.70 bits per heavy atom. The van der Waals surface area contributed by atoms with Crippen LogP contribution < -0.4 is 4.72 Å². The zero-order valence-electron chi connectivity index (χ0n) is 12.4. The first kappa shape index (κ1) is 18.1. The first-order chi connectivity index (χ1) is 10.9. The van der Waals surface area contributed by atoms with Gasteiger partial charge in [0, 0.05) is 31.8 Å². The molecular formula is C13H18ClN3O5S. The Morgan fingerprint density at radius 2 is 2.04 bits per heavy atom. The second-order valence-corrected chi connectivity index (χ2v) is 7.22. The van der Waals surface area contributed by atoms with Crippen molar-refractivity contribution in [2.75, 3.05) is 39.4 Å². The van der Waals surface area contributed by atoms with Gasteiger partial charge in [0.2, 0.25) is 10.0 Å². The summed E-state index contributed by atoms with van der Waals surface area (Å²) >= 11 is 5.86. The molecule has 0 atom stereocenters. The number of ether oxygens (including phenoxy) is 1. The lowest BCUT2D eigenvalue weighted by atomic mass is 10.3. The van der Waals surface area contributed by atoms with Gasteiger partial charge < -0.3 is 4.74 Å². The number of non-ortho nitro benzene ring substituents is 1. The van der Waals surface area contributed by atoms with E-state index in [1.165, 1.54) is 12.1 Å². The molecule has 0 aliphatic carbocycles. The van der Waals surface area contributed by atoms with Crippen LogP contribution in [0.15, 0.2) is 23.1 Å². The van der Waals surface area contributed by atoms with Crippen LogP contribution in [0.1, 0.15) is 6.42 Å². The third-order valence-electron chi connectivity index (χ3n) is 3.46. The molecule has 1 aromatic rings. The van der Waals surface area contributed by atoms with Crippen LogP contribution in [0.4, 0.5) is 5.69 Å². The van der Waals surface area contributed by atoms with Crippen molar-refractivity contribution in [1.29, 1.82) is 0 Å². The highest BCUT2D eigenvalue weighted by Gasteiger charge is 2.21. The zero-order chi connectivity index (χ0) is 16.9. The number of halogens is 1. The molecule has 0 spiro atoms. The van der Waals surface area contributed by atoms with E-state index in [1.807, 2.05) is 0 Å². The number of nitro benzene ring substituents is 1. The van der Waals surface area contributed by atoms with E-state index in [0.29, 0.717) is 19.6 Å². The van der Waals surface area contributed by atoms with E-state index in [4.69, 9.17) is 16.3 Å². The van der Waals surface area contributed by atoms with Crippen molar-refractivity contribution in [3.63, 3.8) is 0 Å². The summed E-state index contributed by atoms with van der Waals surface area (Å²) < 4.78 is 32.1. The van der Waals surface area contributed by atoms with Crippen LogP contribution in [0, 0.1) is 10.1 Å². The summed E-state index contributed by atoms with van der Waals surface area (Å²) in [7, 11) is -3.88. The maximum absolute atomic E-state index is 12.2. The maximum atomic E-state index is 12.2. The lowest BCUT2D eigenvalue weighted by Gasteiger charge is -2.26. The number of nitrogens with one attached hydrogen (secondary N) is 1. The van der Waals surface area contributed by atoms with Gasteiger partial charge in [0.1, 0.15) is 4.90 Å². The molecule has 1 N–H and O–H groups in total. The molecule has 10 heteroatoms. The molecule has 0 unspecified atom stereocenters. The van der Waals surface area contributed by atoms with Crippen molar-refractivity contribution >= 4 is 27.3 Å². The lowest BCUT2D eigenvalue weighted by molar-refractivity contribution is -0.385. The predicted molar refractivity (Wildman–Crippen MR) is 85.2 cm³/mol. The monoisotopic (exact) mass is 363 g/mol. The van der Waals surface area contributed by atoms with E-state index < -0.39 is 14.9 Å². The van der Waals surface area contributed by atoms with Gasteiger partial charge in [0.05, 0.1) is 23.2 Å². The molecule has 0 bridgehead atoms. The number of nitrogens with zero attached hydrogens (tertiary/aromatic N) is 2. The van der Waals surface area contributed by atoms with E-state index in [1.54, 1.807) is 0 Å². The molecule has 1 fully saturated rings. The van der Waals surface area contributed by atoms with E-state index in [9.17, 15) is 18.5 Å². The normalized spacial score (nSPS) is 16.4. The van der Waals surface area contributed by atoms with Crippen molar-refractivity contribution in [2.24, 2.45) is 0 Å². The number of hydrogen-bond acceptors (Lipinski definition) is 6. The first-order valence-electron chi connectivity index (χ1n) is 7.14. The van der Waals surface area contributed by atoms with Gasteiger partial charge in [-0.15, -0.1) is 0 Å². The summed E-state index contributed by atoms with van der Waals surface area (Å²) in [5.41, 5.74) is -0.317. The summed E-state index contributed by atoms with van der Waals surface area (Å²) in [5, 5.41) is 10.7. The van der Waals surface area contributed by atoms with Crippen molar-refractivity contribution in [3.05, 3.63) is 33.3 Å². The van der Waals surface area contributed by atoms with Gasteiger partial charge in [-0.1, -0.05) is 11.6 Å². The Labute approximate surface area is 139 Å². The number of hydrogen-bond donors (Lipinski definition) is 1. The van der Waals surface area contributed by atoms with Crippen LogP contribution in [0.5, 0.6) is 0 Å². The largest absolute Gasteiger partial charge is 0.379 e. The molecule has 1 aliphatic rings. The Kier molecular flexibility index (Phi) is 6.31. The fourth-order valence-corrected chi connectivity index (χ4v) is 3.81. The highest BCUT2D eigenvalue weighted by atomic mass is 35.5. The number of sulfonamides is 1. The van der Waals surface area contributed by atoms with E-state index in [2.05, 4.69) is 9.62 Å². The van der Waals surface area contributed by atoms with Crippen molar-refractivity contribution in [2.45, 2.75) is 11.3 Å². The average Bonchev–Trinajstić information content (AvgIpc) is 2.52. The molecule has 1 saturated heterocycles. The topological polar surface area (TPSA) is 102 Å². The van der Waals surface area contributed by atoms with Crippen molar-refractivity contribution in [1.82, 2.24) is 9.62 Å². The van der Waals surface area contributed by atoms with Gasteiger partial charge in [0.15, 0.2) is 0 Å². The van der Waals surface area contributed by atoms with Crippen LogP contribution >= 0.6 is 11.6 Å². The predicted octanol–water partition coefficient (Wildman–Crippen LogP) is 1.25. The highest BCUT2D eigenvalue weighted by molar-refractivity contribution is 7.89. The fraction of sp³-hybridized carbons (Fsp3) is 0.538. The molecule has 1 heterocycles. The number of nitro groups is 1. The fourth-order valence-electron chi connectivity index (χ4n) is 2.22. The second-order valence-electron chi connectivity index (χ2n) is 5.08. The molecule has 8 nitrogen and oxygen atoms in total. The molecule has 0 radical (unpaired) electrons. The molecule has 1 aromatic carbocycles. The minimum atomic E-state index is -3.88. The van der Waals surface area contributed by atoms with Crippen molar-refractivity contribution in [3.8, 4) is 0 Å². The van der Waals surface area contributed by atoms with Gasteiger partial charge in [-0.2, -0.15) is 0 Å². The summed E-state index contributed by atoms with van der Waals surface area (Å²) in [4.78, 5) is 12.0. The van der Waals surface area contributed by atoms with Crippen molar-refractivity contribution < 1.29 is 18.1 Å². The highest BCUT2D eigenvalue weighted by Crippen LogP contribution is 2.25. The van der Waals surface area contributed by atoms with E-state index in [0.717, 1.165) is 25.7 Å². The molecule has 128 valence electrons. The van der Waals surface area contributed by atoms with Crippen LogP contribution in [0.3, 0.4) is 0 Å². The standard InChI is InChI=1S/C13H18ClN3O5S/c14-12-3-2-11(17(18)19)10-13(12)23(20,21)15-4-1-5-16-6-8-22-9-7-16/h2-3,10,15H,1,4-9H2. The molecule has 1 aliphatic heterocycles. The molecule has 0 aromatic heterocycles. The maximum Gasteiger partial charge on any atom is 0.270 e. The van der Waals surface area contributed by atoms with E-state index in [-0.39, 0.29) is 22.2 Å². The van der Waals surface area contributed by atoms with Crippen LogP contribution in [0.25, 0.3) is 0 Å². The quantitative estimate of drug-likeness (QED) is 0.444. The smallest absolute Gasteiger partial charge is 0.270 e. The summed E-state index contributed by atoms with van der Waals surface area (Å²) in [5.74, 6) is 0. The molecule has 2 rings (SSSR count). The minimum absolute atomic E-state index is 0.0451. The van der Waals surface area contributed by atoms with Gasteiger partial charge in [-0.25, -0.2) is 13.1 Å². The molecule has 0 saturated carbocycles. The SMILES string of the molecule is O=[N+]([O-])c1ccc(Cl)c(S(=O)(=O)NCCCN2CCOCC2)c1. The Hall–Kier alpha value is -1.26. The summed E-state index contributed by atoms with van der Waals surface area (Å²) in [6.07, 6.45) is 0.631. The van der Waals surface area contributed by atoms with Crippen LogP contribution in [-0.2, 0) is 14.8 Å². The Balaban J connectivity index is 1.93. The molecule has 0 amide bonds. The number of rotatable bonds is 7. The summed E-state index contributed by atoms with van der Waals surface area (Å²) in [6, 6.07) is 3.34. The average molecular weight is 364 g/mol. The first-order valence-corrected chi connectivity index (χ1v) is 9.00. The molecule has 23 heavy (non-hydrogen) atoms.